The van der Waals surface area contributed by atoms with E-state index in [0.717, 1.165) is 23.6 Å². The Morgan fingerprint density at radius 1 is 0.962 bits per heavy atom. The van der Waals surface area contributed by atoms with Crippen LogP contribution in [0.25, 0.3) is 10.8 Å². The van der Waals surface area contributed by atoms with Crippen LogP contribution >= 0.6 is 23.2 Å². The molecule has 0 saturated heterocycles. The van der Waals surface area contributed by atoms with Crippen molar-refractivity contribution >= 4 is 49.7 Å². The Labute approximate surface area is 161 Å². The fourth-order valence-electron chi connectivity index (χ4n) is 3.41. The summed E-state index contributed by atoms with van der Waals surface area (Å²) in [7, 11) is -2.47. The van der Waals surface area contributed by atoms with Crippen molar-refractivity contribution in [1.82, 2.24) is 0 Å². The lowest BCUT2D eigenvalue weighted by molar-refractivity contribution is 0.414. The second-order valence-corrected chi connectivity index (χ2v) is 8.52. The van der Waals surface area contributed by atoms with Crippen molar-refractivity contribution in [3.05, 3.63) is 63.6 Å². The molecular weight excluding hydrogens is 393 g/mol. The van der Waals surface area contributed by atoms with Gasteiger partial charge in [0.15, 0.2) is 0 Å². The van der Waals surface area contributed by atoms with Crippen LogP contribution in [0.4, 0.5) is 5.69 Å². The molecule has 4 nitrogen and oxygen atoms in total. The number of rotatable bonds is 4. The van der Waals surface area contributed by atoms with Crippen molar-refractivity contribution < 1.29 is 13.2 Å². The Bertz CT molecular complexity index is 1130. The molecule has 0 amide bonds. The molecular formula is C19H15Cl2NO3S. The molecule has 0 bridgehead atoms. The van der Waals surface area contributed by atoms with E-state index in [-0.39, 0.29) is 14.9 Å². The zero-order valence-corrected chi connectivity index (χ0v) is 16.2. The van der Waals surface area contributed by atoms with Gasteiger partial charge in [-0.15, -0.1) is 0 Å². The SMILES string of the molecule is COc1ccc(S(=O)(=O)Nc2ccc3c4c(cccc24)CC3)c(Cl)c1Cl. The van der Waals surface area contributed by atoms with Gasteiger partial charge in [0.1, 0.15) is 15.7 Å². The van der Waals surface area contributed by atoms with Crippen LogP contribution < -0.4 is 9.46 Å². The minimum absolute atomic E-state index is 0.0653. The van der Waals surface area contributed by atoms with Gasteiger partial charge in [-0.25, -0.2) is 8.42 Å². The van der Waals surface area contributed by atoms with E-state index in [4.69, 9.17) is 27.9 Å². The molecule has 0 heterocycles. The van der Waals surface area contributed by atoms with Gasteiger partial charge < -0.3 is 4.74 Å². The largest absolute Gasteiger partial charge is 0.495 e. The molecule has 0 aliphatic heterocycles. The van der Waals surface area contributed by atoms with Gasteiger partial charge in [-0.3, -0.25) is 4.72 Å². The van der Waals surface area contributed by atoms with Crippen LogP contribution in [0, 0.1) is 0 Å². The average molecular weight is 408 g/mol. The summed E-state index contributed by atoms with van der Waals surface area (Å²) in [6, 6.07) is 12.6. The van der Waals surface area contributed by atoms with Crippen LogP contribution in [0.2, 0.25) is 10.0 Å². The number of halogens is 2. The number of methoxy groups -OCH3 is 1. The number of anilines is 1. The highest BCUT2D eigenvalue weighted by Gasteiger charge is 2.24. The summed E-state index contributed by atoms with van der Waals surface area (Å²) < 4.78 is 33.5. The summed E-state index contributed by atoms with van der Waals surface area (Å²) in [6.45, 7) is 0. The Morgan fingerprint density at radius 3 is 2.42 bits per heavy atom. The van der Waals surface area contributed by atoms with Crippen LogP contribution in [0.3, 0.4) is 0 Å². The van der Waals surface area contributed by atoms with E-state index < -0.39 is 10.0 Å². The standard InChI is InChI=1S/C19H15Cl2NO3S/c1-25-15-9-10-16(19(21)18(15)20)26(23,24)22-14-8-7-12-6-5-11-3-2-4-13(14)17(11)12/h2-4,7-10,22H,5-6H2,1H3. The molecule has 1 aliphatic carbocycles. The number of aryl methyl sites for hydroxylation is 2. The van der Waals surface area contributed by atoms with Crippen molar-refractivity contribution in [3.63, 3.8) is 0 Å². The molecule has 7 heteroatoms. The Balaban J connectivity index is 1.81. The number of benzene rings is 3. The van der Waals surface area contributed by atoms with E-state index >= 15 is 0 Å². The Kier molecular flexibility index (Phi) is 4.26. The van der Waals surface area contributed by atoms with Crippen LogP contribution in [0.15, 0.2) is 47.4 Å². The molecule has 1 N–H and O–H groups in total. The van der Waals surface area contributed by atoms with Crippen molar-refractivity contribution in [2.45, 2.75) is 17.7 Å². The minimum Gasteiger partial charge on any atom is -0.495 e. The zero-order valence-electron chi connectivity index (χ0n) is 13.8. The minimum atomic E-state index is -3.91. The smallest absolute Gasteiger partial charge is 0.263 e. The van der Waals surface area contributed by atoms with Crippen molar-refractivity contribution in [1.29, 1.82) is 0 Å². The van der Waals surface area contributed by atoms with E-state index in [1.807, 2.05) is 18.2 Å². The Morgan fingerprint density at radius 2 is 1.69 bits per heavy atom. The number of hydrogen-bond acceptors (Lipinski definition) is 3. The number of nitrogens with one attached hydrogen (secondary N) is 1. The number of hydrogen-bond donors (Lipinski definition) is 1. The van der Waals surface area contributed by atoms with Gasteiger partial charge >= 0.3 is 0 Å². The molecule has 0 unspecified atom stereocenters. The van der Waals surface area contributed by atoms with Crippen molar-refractivity contribution in [2.24, 2.45) is 0 Å². The topological polar surface area (TPSA) is 55.4 Å². The lowest BCUT2D eigenvalue weighted by Gasteiger charge is -2.14. The molecule has 0 fully saturated rings. The van der Waals surface area contributed by atoms with Crippen molar-refractivity contribution in [2.75, 3.05) is 11.8 Å². The molecule has 1 aliphatic rings. The van der Waals surface area contributed by atoms with E-state index in [2.05, 4.69) is 10.8 Å². The Hall–Kier alpha value is -1.95. The predicted molar refractivity (Wildman–Crippen MR) is 105 cm³/mol. The van der Waals surface area contributed by atoms with Gasteiger partial charge in [0.05, 0.1) is 17.8 Å². The quantitative estimate of drug-likeness (QED) is 0.657. The van der Waals surface area contributed by atoms with E-state index in [0.29, 0.717) is 11.4 Å². The van der Waals surface area contributed by atoms with Gasteiger partial charge in [-0.2, -0.15) is 0 Å². The van der Waals surface area contributed by atoms with Crippen LogP contribution in [0.1, 0.15) is 11.1 Å². The predicted octanol–water partition coefficient (Wildman–Crippen LogP) is 5.05. The van der Waals surface area contributed by atoms with E-state index in [1.54, 1.807) is 6.07 Å². The molecule has 3 aromatic carbocycles. The second-order valence-electron chi connectivity index (χ2n) is 6.11. The summed E-state index contributed by atoms with van der Waals surface area (Å²) >= 11 is 12.3. The molecule has 4 rings (SSSR count). The fourth-order valence-corrected chi connectivity index (χ4v) is 5.34. The van der Waals surface area contributed by atoms with Crippen molar-refractivity contribution in [3.8, 4) is 5.75 Å². The van der Waals surface area contributed by atoms with Crippen LogP contribution in [-0.2, 0) is 22.9 Å². The van der Waals surface area contributed by atoms with Gasteiger partial charge in [-0.1, -0.05) is 47.5 Å². The molecule has 0 atom stereocenters. The summed E-state index contributed by atoms with van der Waals surface area (Å²) in [5.41, 5.74) is 3.00. The molecule has 0 aromatic heterocycles. The van der Waals surface area contributed by atoms with Gasteiger partial charge in [0, 0.05) is 5.39 Å². The fraction of sp³-hybridized carbons (Fsp3) is 0.158. The molecule has 134 valence electrons. The molecule has 0 spiro atoms. The normalized spacial score (nSPS) is 13.2. The maximum absolute atomic E-state index is 12.9. The summed E-state index contributed by atoms with van der Waals surface area (Å²) in [4.78, 5) is -0.0896. The highest BCUT2D eigenvalue weighted by Crippen LogP contribution is 2.39. The second kappa shape index (κ2) is 6.34. The van der Waals surface area contributed by atoms with Crippen LogP contribution in [0.5, 0.6) is 5.75 Å². The monoisotopic (exact) mass is 407 g/mol. The highest BCUT2D eigenvalue weighted by molar-refractivity contribution is 7.92. The first-order valence-electron chi connectivity index (χ1n) is 8.00. The first kappa shape index (κ1) is 17.5. The highest BCUT2D eigenvalue weighted by atomic mass is 35.5. The lowest BCUT2D eigenvalue weighted by atomic mass is 10.0. The van der Waals surface area contributed by atoms with Crippen LogP contribution in [-0.4, -0.2) is 15.5 Å². The van der Waals surface area contributed by atoms with Gasteiger partial charge in [-0.05, 0) is 47.6 Å². The number of sulfonamides is 1. The average Bonchev–Trinajstić information content (AvgIpc) is 3.04. The number of ether oxygens (including phenoxy) is 1. The summed E-state index contributed by atoms with van der Waals surface area (Å²) in [5, 5.41) is 2.02. The molecule has 0 saturated carbocycles. The maximum Gasteiger partial charge on any atom is 0.263 e. The molecule has 0 radical (unpaired) electrons. The van der Waals surface area contributed by atoms with E-state index in [1.165, 1.54) is 30.4 Å². The summed E-state index contributed by atoms with van der Waals surface area (Å²) in [6.07, 6.45) is 1.95. The zero-order chi connectivity index (χ0) is 18.5. The third-order valence-corrected chi connectivity index (χ3v) is 7.03. The van der Waals surface area contributed by atoms with E-state index in [9.17, 15) is 8.42 Å². The lowest BCUT2D eigenvalue weighted by Crippen LogP contribution is -2.14. The molecule has 3 aromatic rings. The first-order valence-corrected chi connectivity index (χ1v) is 10.2. The maximum atomic E-state index is 12.9. The van der Waals surface area contributed by atoms with Gasteiger partial charge in [0.2, 0.25) is 0 Å². The third kappa shape index (κ3) is 2.71. The summed E-state index contributed by atoms with van der Waals surface area (Å²) in [5.74, 6) is 0.320. The molecule has 26 heavy (non-hydrogen) atoms. The first-order chi connectivity index (χ1) is 12.4. The van der Waals surface area contributed by atoms with Gasteiger partial charge in [0.25, 0.3) is 10.0 Å². The third-order valence-electron chi connectivity index (χ3n) is 4.64.